The highest BCUT2D eigenvalue weighted by Crippen LogP contribution is 2.38. The minimum absolute atomic E-state index is 0.0580. The molecule has 1 aliphatic rings. The molecule has 30 heavy (non-hydrogen) atoms. The molecule has 8 nitrogen and oxygen atoms in total. The molecule has 1 saturated carbocycles. The number of amides is 1. The van der Waals surface area contributed by atoms with E-state index in [9.17, 15) is 13.6 Å². The molecule has 1 aliphatic carbocycles. The number of anilines is 1. The van der Waals surface area contributed by atoms with Gasteiger partial charge in [-0.15, -0.1) is 0 Å². The molecule has 0 aliphatic heterocycles. The topological polar surface area (TPSA) is 100 Å². The van der Waals surface area contributed by atoms with Crippen molar-refractivity contribution in [3.05, 3.63) is 41.2 Å². The molecule has 0 spiro atoms. The number of nitrogens with zero attached hydrogens (tertiary/aromatic N) is 4. The molecular weight excluding hydrogens is 416 g/mol. The smallest absolute Gasteiger partial charge is 0.231 e. The zero-order chi connectivity index (χ0) is 21.0. The lowest BCUT2D eigenvalue weighted by Crippen LogP contribution is -2.15. The van der Waals surface area contributed by atoms with E-state index < -0.39 is 23.8 Å². The van der Waals surface area contributed by atoms with Crippen molar-refractivity contribution in [2.45, 2.75) is 19.1 Å². The molecule has 1 fully saturated rings. The fourth-order valence-corrected chi connectivity index (χ4v) is 3.82. The second-order valence-electron chi connectivity index (χ2n) is 7.18. The largest absolute Gasteiger partial charge is 0.316 e. The van der Waals surface area contributed by atoms with Crippen molar-refractivity contribution in [3.63, 3.8) is 0 Å². The molecule has 0 saturated heterocycles. The van der Waals surface area contributed by atoms with Crippen molar-refractivity contribution in [1.29, 1.82) is 0 Å². The quantitative estimate of drug-likeness (QED) is 0.451. The van der Waals surface area contributed by atoms with Crippen LogP contribution in [0.3, 0.4) is 0 Å². The molecule has 1 aromatic carbocycles. The van der Waals surface area contributed by atoms with Gasteiger partial charge in [0.1, 0.15) is 12.0 Å². The van der Waals surface area contributed by atoms with Crippen LogP contribution in [0.1, 0.15) is 12.0 Å². The van der Waals surface area contributed by atoms with E-state index in [1.165, 1.54) is 6.20 Å². The molecule has 11 heteroatoms. The van der Waals surface area contributed by atoms with E-state index in [0.29, 0.717) is 33.4 Å². The number of hydrogen-bond acceptors (Lipinski definition) is 5. The van der Waals surface area contributed by atoms with Gasteiger partial charge in [0, 0.05) is 29.3 Å². The Bertz CT molecular complexity index is 1300. The highest BCUT2D eigenvalue weighted by Gasteiger charge is 2.43. The highest BCUT2D eigenvalue weighted by atomic mass is 35.5. The molecule has 3 aromatic heterocycles. The van der Waals surface area contributed by atoms with Crippen LogP contribution < -0.4 is 10.6 Å². The Morgan fingerprint density at radius 3 is 2.93 bits per heavy atom. The molecule has 1 amide bonds. The van der Waals surface area contributed by atoms with Gasteiger partial charge in [-0.1, -0.05) is 11.6 Å². The third-order valence-corrected chi connectivity index (χ3v) is 5.49. The first-order chi connectivity index (χ1) is 14.5. The molecule has 5 rings (SSSR count). The number of alkyl halides is 1. The Hall–Kier alpha value is -3.11. The van der Waals surface area contributed by atoms with Gasteiger partial charge >= 0.3 is 0 Å². The van der Waals surface area contributed by atoms with E-state index >= 15 is 0 Å². The average Bonchev–Trinajstić information content (AvgIpc) is 3.11. The second-order valence-corrected chi connectivity index (χ2v) is 7.56. The summed E-state index contributed by atoms with van der Waals surface area (Å²) in [7, 11) is 1.71. The van der Waals surface area contributed by atoms with Crippen molar-refractivity contribution in [3.8, 4) is 11.3 Å². The van der Waals surface area contributed by atoms with Crippen LogP contribution in [0.15, 0.2) is 24.8 Å². The number of fused-ring (bicyclic) bond motifs is 2. The van der Waals surface area contributed by atoms with Gasteiger partial charge in [0.15, 0.2) is 11.5 Å². The van der Waals surface area contributed by atoms with Gasteiger partial charge in [-0.05, 0) is 13.5 Å². The number of H-pyrrole nitrogens is 1. The van der Waals surface area contributed by atoms with E-state index in [-0.39, 0.29) is 23.8 Å². The lowest BCUT2D eigenvalue weighted by Gasteiger charge is -2.12. The minimum atomic E-state index is -1.09. The van der Waals surface area contributed by atoms with Crippen LogP contribution in [0, 0.1) is 11.7 Å². The number of carbonyl (C=O) groups is 1. The van der Waals surface area contributed by atoms with Crippen molar-refractivity contribution in [1.82, 2.24) is 29.9 Å². The van der Waals surface area contributed by atoms with Crippen molar-refractivity contribution in [2.75, 3.05) is 12.4 Å². The Balaban J connectivity index is 1.57. The standard InChI is InChI=1S/C19H16ClF2N7O/c1-23-3-10-17(22)16(20)15(9-4-25-28-18(9)10)12-6-29-7-13(26-14(29)5-24-12)27-19(30)8-2-11(8)21/h4-8,11,23H,2-3H2,1H3,(H,25,28)(H,27,30). The normalized spacial score (nSPS) is 18.3. The Kier molecular flexibility index (Phi) is 4.40. The number of rotatable bonds is 5. The van der Waals surface area contributed by atoms with Gasteiger partial charge < -0.3 is 15.0 Å². The fourth-order valence-electron chi connectivity index (χ4n) is 3.51. The maximum atomic E-state index is 15.0. The maximum absolute atomic E-state index is 15.0. The number of carbonyl (C=O) groups excluding carboxylic acids is 1. The summed E-state index contributed by atoms with van der Waals surface area (Å²) in [6, 6.07) is 0. The lowest BCUT2D eigenvalue weighted by molar-refractivity contribution is -0.117. The summed E-state index contributed by atoms with van der Waals surface area (Å²) < 4.78 is 29.7. The minimum Gasteiger partial charge on any atom is -0.316 e. The van der Waals surface area contributed by atoms with Crippen LogP contribution in [0.5, 0.6) is 0 Å². The molecule has 2 unspecified atom stereocenters. The fraction of sp³-hybridized carbons (Fsp3) is 0.263. The molecule has 0 radical (unpaired) electrons. The molecule has 4 aromatic rings. The third kappa shape index (κ3) is 2.99. The summed E-state index contributed by atoms with van der Waals surface area (Å²) in [5.41, 5.74) is 2.20. The van der Waals surface area contributed by atoms with Gasteiger partial charge in [-0.2, -0.15) is 5.10 Å². The number of aromatic amines is 1. The van der Waals surface area contributed by atoms with Gasteiger partial charge in [0.2, 0.25) is 5.91 Å². The predicted molar refractivity (Wildman–Crippen MR) is 107 cm³/mol. The van der Waals surface area contributed by atoms with Crippen LogP contribution >= 0.6 is 11.6 Å². The summed E-state index contributed by atoms with van der Waals surface area (Å²) in [5.74, 6) is -1.28. The first-order valence-electron chi connectivity index (χ1n) is 9.25. The van der Waals surface area contributed by atoms with Crippen molar-refractivity contribution < 1.29 is 13.6 Å². The third-order valence-electron chi connectivity index (χ3n) is 5.14. The van der Waals surface area contributed by atoms with Gasteiger partial charge in [-0.3, -0.25) is 14.9 Å². The maximum Gasteiger partial charge on any atom is 0.231 e. The Morgan fingerprint density at radius 2 is 2.20 bits per heavy atom. The first-order valence-corrected chi connectivity index (χ1v) is 9.63. The number of hydrogen-bond donors (Lipinski definition) is 3. The summed E-state index contributed by atoms with van der Waals surface area (Å²) in [6.07, 6.45) is 5.43. The molecule has 2 atom stereocenters. The van der Waals surface area contributed by atoms with Crippen molar-refractivity contribution >= 4 is 39.9 Å². The molecule has 0 bridgehead atoms. The summed E-state index contributed by atoms with van der Waals surface area (Å²) >= 11 is 6.38. The average molecular weight is 432 g/mol. The van der Waals surface area contributed by atoms with E-state index in [4.69, 9.17) is 11.6 Å². The Labute approximate surface area is 173 Å². The predicted octanol–water partition coefficient (Wildman–Crippen LogP) is 3.08. The number of nitrogens with one attached hydrogen (secondary N) is 3. The van der Waals surface area contributed by atoms with Gasteiger partial charge in [-0.25, -0.2) is 13.8 Å². The van der Waals surface area contributed by atoms with Gasteiger partial charge in [0.05, 0.1) is 40.7 Å². The van der Waals surface area contributed by atoms with Crippen LogP contribution in [0.4, 0.5) is 14.6 Å². The first kappa shape index (κ1) is 18.9. The van der Waals surface area contributed by atoms with Gasteiger partial charge in [0.25, 0.3) is 0 Å². The SMILES string of the molecule is CNCc1c(F)c(Cl)c(-c2cn3cc(NC(=O)C4CC4F)nc3cn2)c2cn[nH]c12. The van der Waals surface area contributed by atoms with Crippen LogP contribution in [-0.4, -0.2) is 43.7 Å². The molecule has 154 valence electrons. The summed E-state index contributed by atoms with van der Waals surface area (Å²) in [5, 5.41) is 13.0. The number of aromatic nitrogens is 5. The van der Waals surface area contributed by atoms with Crippen LogP contribution in [-0.2, 0) is 11.3 Å². The monoisotopic (exact) mass is 431 g/mol. The van der Waals surface area contributed by atoms with E-state index in [0.717, 1.165) is 0 Å². The van der Waals surface area contributed by atoms with Crippen LogP contribution in [0.25, 0.3) is 27.8 Å². The highest BCUT2D eigenvalue weighted by molar-refractivity contribution is 6.35. The number of imidazole rings is 1. The molecule has 3 heterocycles. The van der Waals surface area contributed by atoms with E-state index in [1.54, 1.807) is 30.0 Å². The summed E-state index contributed by atoms with van der Waals surface area (Å²) in [6.45, 7) is 0.280. The van der Waals surface area contributed by atoms with E-state index in [1.807, 2.05) is 0 Å². The Morgan fingerprint density at radius 1 is 1.40 bits per heavy atom. The number of halogens is 3. The zero-order valence-corrected chi connectivity index (χ0v) is 16.5. The van der Waals surface area contributed by atoms with E-state index in [2.05, 4.69) is 30.8 Å². The molecular formula is C19H16ClF2N7O. The van der Waals surface area contributed by atoms with Crippen LogP contribution in [0.2, 0.25) is 5.02 Å². The summed E-state index contributed by atoms with van der Waals surface area (Å²) in [4.78, 5) is 20.6. The zero-order valence-electron chi connectivity index (χ0n) is 15.7. The molecule has 3 N–H and O–H groups in total. The second kappa shape index (κ2) is 6.99. The lowest BCUT2D eigenvalue weighted by atomic mass is 10.0. The van der Waals surface area contributed by atoms with Crippen molar-refractivity contribution in [2.24, 2.45) is 5.92 Å². The number of benzene rings is 1.